The van der Waals surface area contributed by atoms with Gasteiger partial charge in [-0.05, 0) is 32.8 Å². The van der Waals surface area contributed by atoms with Crippen LogP contribution in [0, 0.1) is 0 Å². The number of hydrogen-bond acceptors (Lipinski definition) is 4. The fourth-order valence-corrected chi connectivity index (χ4v) is 3.17. The summed E-state index contributed by atoms with van der Waals surface area (Å²) < 4.78 is 26.7. The summed E-state index contributed by atoms with van der Waals surface area (Å²) in [5.74, 6) is 0.648. The highest BCUT2D eigenvalue weighted by molar-refractivity contribution is 5.63. The predicted octanol–water partition coefficient (Wildman–Crippen LogP) is 3.40. The lowest BCUT2D eigenvalue weighted by Crippen LogP contribution is -2.34. The molecule has 0 amide bonds. The van der Waals surface area contributed by atoms with Gasteiger partial charge in [0.05, 0.1) is 0 Å². The van der Waals surface area contributed by atoms with Crippen molar-refractivity contribution >= 4 is 17.1 Å². The fourth-order valence-electron chi connectivity index (χ4n) is 3.17. The van der Waals surface area contributed by atoms with Gasteiger partial charge in [0.25, 0.3) is 0 Å². The topological polar surface area (TPSA) is 39.0 Å². The van der Waals surface area contributed by atoms with Crippen LogP contribution in [0.2, 0.25) is 0 Å². The Morgan fingerprint density at radius 2 is 2.08 bits per heavy atom. The van der Waals surface area contributed by atoms with Crippen molar-refractivity contribution in [2.24, 2.45) is 0 Å². The molecule has 0 saturated carbocycles. The molecule has 2 aliphatic heterocycles. The number of rotatable bonds is 2. The quantitative estimate of drug-likeness (QED) is 0.845. The number of aromatic nitrogens is 2. The lowest BCUT2D eigenvalue weighted by molar-refractivity contribution is -0.0153. The maximum absolute atomic E-state index is 13.3. The van der Waals surface area contributed by atoms with Crippen LogP contribution in [-0.2, 0) is 9.47 Å². The first-order valence-electron chi connectivity index (χ1n) is 8.39. The molecule has 0 unspecified atom stereocenters. The molecule has 0 radical (unpaired) electrons. The summed E-state index contributed by atoms with van der Waals surface area (Å²) in [6, 6.07) is 4.09. The van der Waals surface area contributed by atoms with E-state index in [4.69, 9.17) is 9.47 Å². The summed E-state index contributed by atoms with van der Waals surface area (Å²) in [7, 11) is 0. The summed E-state index contributed by atoms with van der Waals surface area (Å²) in [4.78, 5) is 6.88. The molecule has 2 aromatic heterocycles. The van der Waals surface area contributed by atoms with Gasteiger partial charge in [0.1, 0.15) is 36.0 Å². The maximum Gasteiger partial charge on any atom is 0.181 e. The third-order valence-corrected chi connectivity index (χ3v) is 4.49. The Morgan fingerprint density at radius 3 is 2.83 bits per heavy atom. The van der Waals surface area contributed by atoms with E-state index in [2.05, 4.69) is 9.88 Å². The number of anilines is 1. The van der Waals surface area contributed by atoms with Crippen molar-refractivity contribution < 1.29 is 13.9 Å². The zero-order chi connectivity index (χ0) is 16.7. The number of ether oxygens (including phenoxy) is 2. The minimum atomic E-state index is -0.665. The minimum Gasteiger partial charge on any atom is -0.493 e. The second kappa shape index (κ2) is 5.69. The SMILES string of the molecule is CC1(C)COC=C(c2cn3ccc(N4CCC(F)CC4)cc3n2)O1. The van der Waals surface area contributed by atoms with E-state index in [-0.39, 0.29) is 5.60 Å². The van der Waals surface area contributed by atoms with Crippen LogP contribution < -0.4 is 4.90 Å². The molecule has 1 fully saturated rings. The first kappa shape index (κ1) is 15.3. The Bertz CT molecular complexity index is 776. The average Bonchev–Trinajstić information content (AvgIpc) is 2.98. The van der Waals surface area contributed by atoms with Gasteiger partial charge in [0.15, 0.2) is 5.76 Å². The standard InChI is InChI=1S/C18H22FN3O2/c1-18(2)12-23-11-16(24-18)15-10-22-8-5-14(9-17(22)20-15)21-6-3-13(19)4-7-21/h5,8-11,13H,3-4,6-7,12H2,1-2H3. The molecule has 4 rings (SSSR count). The minimum absolute atomic E-state index is 0.359. The highest BCUT2D eigenvalue weighted by atomic mass is 19.1. The smallest absolute Gasteiger partial charge is 0.181 e. The van der Waals surface area contributed by atoms with Crippen LogP contribution in [0.4, 0.5) is 10.1 Å². The number of imidazole rings is 1. The molecular weight excluding hydrogens is 309 g/mol. The lowest BCUT2D eigenvalue weighted by Gasteiger charge is -2.30. The molecule has 2 aliphatic rings. The Labute approximate surface area is 140 Å². The Hall–Kier alpha value is -2.24. The number of nitrogens with zero attached hydrogens (tertiary/aromatic N) is 3. The second-order valence-electron chi connectivity index (χ2n) is 7.09. The molecule has 0 N–H and O–H groups in total. The number of halogens is 1. The van der Waals surface area contributed by atoms with Crippen LogP contribution in [0.25, 0.3) is 11.4 Å². The van der Waals surface area contributed by atoms with Gasteiger partial charge in [-0.25, -0.2) is 9.37 Å². The van der Waals surface area contributed by atoms with Crippen molar-refractivity contribution in [1.29, 1.82) is 0 Å². The van der Waals surface area contributed by atoms with E-state index in [1.54, 1.807) is 6.26 Å². The largest absolute Gasteiger partial charge is 0.493 e. The summed E-state index contributed by atoms with van der Waals surface area (Å²) in [6.07, 6.45) is 6.07. The fraction of sp³-hybridized carbons (Fsp3) is 0.500. The van der Waals surface area contributed by atoms with Crippen molar-refractivity contribution in [3.8, 4) is 0 Å². The number of pyridine rings is 1. The molecule has 0 spiro atoms. The lowest BCUT2D eigenvalue weighted by atomic mass is 10.1. The number of fused-ring (bicyclic) bond motifs is 1. The van der Waals surface area contributed by atoms with E-state index >= 15 is 0 Å². The molecule has 0 atom stereocenters. The van der Waals surface area contributed by atoms with E-state index < -0.39 is 6.17 Å². The van der Waals surface area contributed by atoms with Crippen LogP contribution in [-0.4, -0.2) is 40.9 Å². The third kappa shape index (κ3) is 2.92. The van der Waals surface area contributed by atoms with Gasteiger partial charge in [-0.2, -0.15) is 0 Å². The normalized spacial score (nSPS) is 21.3. The molecule has 0 aliphatic carbocycles. The van der Waals surface area contributed by atoms with Crippen molar-refractivity contribution in [3.63, 3.8) is 0 Å². The first-order valence-corrected chi connectivity index (χ1v) is 8.39. The molecule has 5 nitrogen and oxygen atoms in total. The van der Waals surface area contributed by atoms with E-state index in [0.717, 1.165) is 30.1 Å². The van der Waals surface area contributed by atoms with Crippen molar-refractivity contribution in [2.75, 3.05) is 24.6 Å². The van der Waals surface area contributed by atoms with E-state index in [1.165, 1.54) is 0 Å². The average molecular weight is 331 g/mol. The van der Waals surface area contributed by atoms with Gasteiger partial charge in [-0.15, -0.1) is 0 Å². The predicted molar refractivity (Wildman–Crippen MR) is 90.6 cm³/mol. The summed E-state index contributed by atoms with van der Waals surface area (Å²) in [5, 5.41) is 0. The third-order valence-electron chi connectivity index (χ3n) is 4.49. The van der Waals surface area contributed by atoms with Crippen molar-refractivity contribution in [1.82, 2.24) is 9.38 Å². The van der Waals surface area contributed by atoms with Gasteiger partial charge in [-0.3, -0.25) is 0 Å². The van der Waals surface area contributed by atoms with E-state index in [0.29, 0.717) is 25.2 Å². The molecule has 6 heteroatoms. The molecule has 0 aromatic carbocycles. The monoisotopic (exact) mass is 331 g/mol. The Balaban J connectivity index is 1.61. The van der Waals surface area contributed by atoms with E-state index in [9.17, 15) is 4.39 Å². The summed E-state index contributed by atoms with van der Waals surface area (Å²) in [5.41, 5.74) is 2.32. The van der Waals surface area contributed by atoms with Crippen molar-refractivity contribution in [3.05, 3.63) is 36.5 Å². The molecule has 0 bridgehead atoms. The number of piperidine rings is 1. The van der Waals surface area contributed by atoms with Gasteiger partial charge >= 0.3 is 0 Å². The highest BCUT2D eigenvalue weighted by Crippen LogP contribution is 2.28. The number of alkyl halides is 1. The molecule has 1 saturated heterocycles. The summed E-state index contributed by atoms with van der Waals surface area (Å²) >= 11 is 0. The Kier molecular flexibility index (Phi) is 3.62. The molecular formula is C18H22FN3O2. The zero-order valence-corrected chi connectivity index (χ0v) is 14.0. The van der Waals surface area contributed by atoms with Crippen LogP contribution >= 0.6 is 0 Å². The van der Waals surface area contributed by atoms with Crippen LogP contribution in [0.5, 0.6) is 0 Å². The van der Waals surface area contributed by atoms with Gasteiger partial charge in [0, 0.05) is 37.2 Å². The first-order chi connectivity index (χ1) is 11.5. The van der Waals surface area contributed by atoms with Crippen LogP contribution in [0.15, 0.2) is 30.8 Å². The van der Waals surface area contributed by atoms with E-state index in [1.807, 2.05) is 42.8 Å². The Morgan fingerprint density at radius 1 is 1.29 bits per heavy atom. The van der Waals surface area contributed by atoms with Crippen molar-refractivity contribution in [2.45, 2.75) is 38.5 Å². The van der Waals surface area contributed by atoms with Gasteiger partial charge in [-0.1, -0.05) is 0 Å². The summed E-state index contributed by atoms with van der Waals surface area (Å²) in [6.45, 7) is 6.01. The molecule has 24 heavy (non-hydrogen) atoms. The number of hydrogen-bond donors (Lipinski definition) is 0. The molecule has 128 valence electrons. The zero-order valence-electron chi connectivity index (χ0n) is 14.0. The molecule has 2 aromatic rings. The maximum atomic E-state index is 13.3. The van der Waals surface area contributed by atoms with Crippen LogP contribution in [0.3, 0.4) is 0 Å². The van der Waals surface area contributed by atoms with Crippen LogP contribution in [0.1, 0.15) is 32.4 Å². The molecule has 4 heterocycles. The van der Waals surface area contributed by atoms with Gasteiger partial charge < -0.3 is 18.8 Å². The second-order valence-corrected chi connectivity index (χ2v) is 7.09. The van der Waals surface area contributed by atoms with Gasteiger partial charge in [0.2, 0.25) is 0 Å². The highest BCUT2D eigenvalue weighted by Gasteiger charge is 2.27.